The molecule has 0 saturated heterocycles. The number of carbonyl (C=O) groups is 1. The second kappa shape index (κ2) is 7.03. The summed E-state index contributed by atoms with van der Waals surface area (Å²) >= 11 is 0. The fourth-order valence-electron chi connectivity index (χ4n) is 3.18. The molecule has 1 amide bonds. The Kier molecular flexibility index (Phi) is 4.43. The monoisotopic (exact) mass is 352 g/mol. The minimum absolute atomic E-state index is 0.0890. The molecule has 1 unspecified atom stereocenters. The second-order valence-electron chi connectivity index (χ2n) is 6.35. The molecule has 3 aromatic rings. The molecule has 134 valence electrons. The SMILES string of the molecule is Cc1ccoc1C(=O)N1Cc2ccnn2CCC1COc1cccnc1. The average molecular weight is 352 g/mol. The fourth-order valence-corrected chi connectivity index (χ4v) is 3.18. The van der Waals surface area contributed by atoms with Crippen LogP contribution in [-0.4, -0.2) is 38.2 Å². The molecule has 0 radical (unpaired) electrons. The summed E-state index contributed by atoms with van der Waals surface area (Å²) in [5, 5.41) is 4.35. The Morgan fingerprint density at radius 1 is 1.35 bits per heavy atom. The van der Waals surface area contributed by atoms with Crippen LogP contribution in [0.3, 0.4) is 0 Å². The maximum absolute atomic E-state index is 13.1. The Bertz CT molecular complexity index is 887. The van der Waals surface area contributed by atoms with Crippen LogP contribution in [0, 0.1) is 6.92 Å². The Labute approximate surface area is 151 Å². The standard InChI is InChI=1S/C19H20N4O3/c1-14-6-10-25-18(14)19(24)22-12-15-4-8-21-23(15)9-5-16(22)13-26-17-3-2-7-20-11-17/h2-4,6-8,10-11,16H,5,9,12-13H2,1H3. The Balaban J connectivity index is 1.58. The van der Waals surface area contributed by atoms with Gasteiger partial charge in [0, 0.05) is 24.5 Å². The third-order valence-corrected chi connectivity index (χ3v) is 4.65. The van der Waals surface area contributed by atoms with Crippen molar-refractivity contribution in [2.45, 2.75) is 32.5 Å². The summed E-state index contributed by atoms with van der Waals surface area (Å²) in [6, 6.07) is 7.34. The molecule has 4 rings (SSSR count). The topological polar surface area (TPSA) is 73.4 Å². The number of rotatable bonds is 4. The van der Waals surface area contributed by atoms with E-state index in [1.807, 2.05) is 34.7 Å². The zero-order valence-corrected chi connectivity index (χ0v) is 14.5. The number of aryl methyl sites for hydroxylation is 2. The first-order valence-electron chi connectivity index (χ1n) is 8.61. The predicted molar refractivity (Wildman–Crippen MR) is 93.7 cm³/mol. The van der Waals surface area contributed by atoms with Crippen molar-refractivity contribution < 1.29 is 13.9 Å². The van der Waals surface area contributed by atoms with Crippen molar-refractivity contribution in [2.75, 3.05) is 6.61 Å². The third kappa shape index (κ3) is 3.20. The van der Waals surface area contributed by atoms with E-state index in [9.17, 15) is 4.79 Å². The number of carbonyl (C=O) groups excluding carboxylic acids is 1. The van der Waals surface area contributed by atoms with Gasteiger partial charge in [0.1, 0.15) is 12.4 Å². The van der Waals surface area contributed by atoms with Crippen LogP contribution in [0.5, 0.6) is 5.75 Å². The number of hydrogen-bond donors (Lipinski definition) is 0. The van der Waals surface area contributed by atoms with Gasteiger partial charge in [0.15, 0.2) is 5.76 Å². The maximum atomic E-state index is 13.1. The van der Waals surface area contributed by atoms with Crippen LogP contribution in [0.4, 0.5) is 0 Å². The van der Waals surface area contributed by atoms with Crippen LogP contribution in [0.15, 0.2) is 53.5 Å². The van der Waals surface area contributed by atoms with E-state index >= 15 is 0 Å². The largest absolute Gasteiger partial charge is 0.490 e. The molecule has 1 atom stereocenters. The fraction of sp³-hybridized carbons (Fsp3) is 0.316. The molecule has 7 nitrogen and oxygen atoms in total. The van der Waals surface area contributed by atoms with Gasteiger partial charge in [-0.3, -0.25) is 14.5 Å². The minimum Gasteiger partial charge on any atom is -0.490 e. The summed E-state index contributed by atoms with van der Waals surface area (Å²) in [5.74, 6) is 0.947. The number of furan rings is 1. The lowest BCUT2D eigenvalue weighted by Crippen LogP contribution is -2.42. The van der Waals surface area contributed by atoms with Crippen LogP contribution >= 0.6 is 0 Å². The van der Waals surface area contributed by atoms with Gasteiger partial charge in [0.2, 0.25) is 0 Å². The summed E-state index contributed by atoms with van der Waals surface area (Å²) in [5.41, 5.74) is 1.84. The van der Waals surface area contributed by atoms with E-state index in [1.165, 1.54) is 0 Å². The quantitative estimate of drug-likeness (QED) is 0.722. The molecular formula is C19H20N4O3. The molecule has 1 aliphatic heterocycles. The number of aromatic nitrogens is 3. The lowest BCUT2D eigenvalue weighted by atomic mass is 10.1. The van der Waals surface area contributed by atoms with E-state index in [0.29, 0.717) is 24.7 Å². The van der Waals surface area contributed by atoms with E-state index in [4.69, 9.17) is 9.15 Å². The number of amides is 1. The molecule has 4 heterocycles. The normalized spacial score (nSPS) is 16.8. The van der Waals surface area contributed by atoms with Crippen molar-refractivity contribution in [3.63, 3.8) is 0 Å². The lowest BCUT2D eigenvalue weighted by molar-refractivity contribution is 0.0556. The van der Waals surface area contributed by atoms with Crippen LogP contribution in [0.25, 0.3) is 0 Å². The maximum Gasteiger partial charge on any atom is 0.290 e. The number of ether oxygens (including phenoxy) is 1. The number of fused-ring (bicyclic) bond motifs is 1. The predicted octanol–water partition coefficient (Wildman–Crippen LogP) is 2.67. The van der Waals surface area contributed by atoms with Crippen molar-refractivity contribution in [3.8, 4) is 5.75 Å². The molecular weight excluding hydrogens is 332 g/mol. The third-order valence-electron chi connectivity index (χ3n) is 4.65. The number of hydrogen-bond acceptors (Lipinski definition) is 5. The summed E-state index contributed by atoms with van der Waals surface area (Å²) < 4.78 is 13.3. The smallest absolute Gasteiger partial charge is 0.290 e. The zero-order chi connectivity index (χ0) is 17.9. The summed E-state index contributed by atoms with van der Waals surface area (Å²) in [4.78, 5) is 19.0. The van der Waals surface area contributed by atoms with Crippen LogP contribution in [-0.2, 0) is 13.1 Å². The highest BCUT2D eigenvalue weighted by atomic mass is 16.5. The van der Waals surface area contributed by atoms with Crippen LogP contribution in [0.2, 0.25) is 0 Å². The van der Waals surface area contributed by atoms with E-state index in [0.717, 1.165) is 24.2 Å². The van der Waals surface area contributed by atoms with Crippen molar-refractivity contribution in [3.05, 3.63) is 66.1 Å². The lowest BCUT2D eigenvalue weighted by Gasteiger charge is -2.29. The Morgan fingerprint density at radius 2 is 2.27 bits per heavy atom. The molecule has 3 aromatic heterocycles. The van der Waals surface area contributed by atoms with Crippen LogP contribution < -0.4 is 4.74 Å². The average Bonchev–Trinajstić information content (AvgIpc) is 3.25. The molecule has 1 aliphatic rings. The Hall–Kier alpha value is -3.09. The van der Waals surface area contributed by atoms with Crippen molar-refractivity contribution in [1.82, 2.24) is 19.7 Å². The van der Waals surface area contributed by atoms with Gasteiger partial charge >= 0.3 is 0 Å². The number of pyridine rings is 1. The molecule has 0 saturated carbocycles. The first-order chi connectivity index (χ1) is 12.7. The summed E-state index contributed by atoms with van der Waals surface area (Å²) in [7, 11) is 0. The van der Waals surface area contributed by atoms with Gasteiger partial charge in [-0.05, 0) is 37.6 Å². The Morgan fingerprint density at radius 3 is 3.04 bits per heavy atom. The first kappa shape index (κ1) is 16.4. The molecule has 0 N–H and O–H groups in total. The van der Waals surface area contributed by atoms with Crippen molar-refractivity contribution >= 4 is 5.91 Å². The molecule has 0 bridgehead atoms. The van der Waals surface area contributed by atoms with Gasteiger partial charge in [-0.15, -0.1) is 0 Å². The first-order valence-corrected chi connectivity index (χ1v) is 8.61. The molecule has 0 spiro atoms. The van der Waals surface area contributed by atoms with Gasteiger partial charge in [-0.2, -0.15) is 5.10 Å². The van der Waals surface area contributed by atoms with Crippen molar-refractivity contribution in [2.24, 2.45) is 0 Å². The molecule has 0 aromatic carbocycles. The minimum atomic E-state index is -0.123. The van der Waals surface area contributed by atoms with Gasteiger partial charge < -0.3 is 14.1 Å². The van der Waals surface area contributed by atoms with E-state index in [2.05, 4.69) is 10.1 Å². The molecule has 0 aliphatic carbocycles. The highest BCUT2D eigenvalue weighted by Gasteiger charge is 2.31. The van der Waals surface area contributed by atoms with E-state index in [-0.39, 0.29) is 11.9 Å². The molecule has 7 heteroatoms. The van der Waals surface area contributed by atoms with Gasteiger partial charge in [0.25, 0.3) is 5.91 Å². The molecule has 0 fully saturated rings. The highest BCUT2D eigenvalue weighted by molar-refractivity contribution is 5.93. The number of nitrogens with zero attached hydrogens (tertiary/aromatic N) is 4. The van der Waals surface area contributed by atoms with Gasteiger partial charge in [0.05, 0.1) is 30.7 Å². The van der Waals surface area contributed by atoms with Gasteiger partial charge in [-0.1, -0.05) is 0 Å². The summed E-state index contributed by atoms with van der Waals surface area (Å²) in [6.45, 7) is 3.48. The van der Waals surface area contributed by atoms with E-state index < -0.39 is 0 Å². The zero-order valence-electron chi connectivity index (χ0n) is 14.5. The van der Waals surface area contributed by atoms with Crippen LogP contribution in [0.1, 0.15) is 28.2 Å². The van der Waals surface area contributed by atoms with Crippen molar-refractivity contribution in [1.29, 1.82) is 0 Å². The second-order valence-corrected chi connectivity index (χ2v) is 6.35. The van der Waals surface area contributed by atoms with Gasteiger partial charge in [-0.25, -0.2) is 0 Å². The highest BCUT2D eigenvalue weighted by Crippen LogP contribution is 2.22. The molecule has 26 heavy (non-hydrogen) atoms. The summed E-state index contributed by atoms with van der Waals surface area (Å²) in [6.07, 6.45) is 7.44. The van der Waals surface area contributed by atoms with E-state index in [1.54, 1.807) is 30.9 Å².